The van der Waals surface area contributed by atoms with Gasteiger partial charge in [0.2, 0.25) is 5.01 Å². The number of ether oxygens (including phenoxy) is 1. The molecule has 3 rings (SSSR count). The highest BCUT2D eigenvalue weighted by Gasteiger charge is 2.14. The van der Waals surface area contributed by atoms with Crippen molar-refractivity contribution in [3.63, 3.8) is 0 Å². The smallest absolute Gasteiger partial charge is 0.286 e. The van der Waals surface area contributed by atoms with Crippen LogP contribution in [-0.4, -0.2) is 23.2 Å². The summed E-state index contributed by atoms with van der Waals surface area (Å²) in [5, 5.41) is 15.0. The highest BCUT2D eigenvalue weighted by atomic mass is 32.1. The fourth-order valence-corrected chi connectivity index (χ4v) is 3.10. The number of anilines is 1. The lowest BCUT2D eigenvalue weighted by Gasteiger charge is -2.12. The van der Waals surface area contributed by atoms with Gasteiger partial charge in [0.05, 0.1) is 13.7 Å². The van der Waals surface area contributed by atoms with Crippen LogP contribution in [0.3, 0.4) is 0 Å². The van der Waals surface area contributed by atoms with Gasteiger partial charge in [0.1, 0.15) is 16.6 Å². The molecule has 0 fully saturated rings. The van der Waals surface area contributed by atoms with E-state index in [2.05, 4.69) is 20.8 Å². The quantitative estimate of drug-likeness (QED) is 0.646. The van der Waals surface area contributed by atoms with Gasteiger partial charge >= 0.3 is 0 Å². The Labute approximate surface area is 160 Å². The molecule has 0 radical (unpaired) electrons. The number of rotatable bonds is 7. The average Bonchev–Trinajstić information content (AvgIpc) is 3.16. The van der Waals surface area contributed by atoms with Gasteiger partial charge in [0.25, 0.3) is 5.91 Å². The van der Waals surface area contributed by atoms with E-state index in [1.807, 2.05) is 13.0 Å². The van der Waals surface area contributed by atoms with E-state index in [0.29, 0.717) is 23.0 Å². The van der Waals surface area contributed by atoms with Crippen LogP contribution in [0.5, 0.6) is 5.75 Å². The standard InChI is InChI=1S/C19H19FN4O2S/c1-12(13-4-3-5-14(20)10-13)21-11-17-23-24-19(27-17)18(25)22-15-6-8-16(26-2)9-7-15/h3-10,12,21H,11H2,1-2H3,(H,22,25)/t12-/m0/s1. The molecule has 8 heteroatoms. The van der Waals surface area contributed by atoms with Crippen molar-refractivity contribution in [1.82, 2.24) is 15.5 Å². The summed E-state index contributed by atoms with van der Waals surface area (Å²) in [6.45, 7) is 2.37. The van der Waals surface area contributed by atoms with Crippen molar-refractivity contribution in [2.75, 3.05) is 12.4 Å². The van der Waals surface area contributed by atoms with Crippen LogP contribution >= 0.6 is 11.3 Å². The highest BCUT2D eigenvalue weighted by molar-refractivity contribution is 7.13. The highest BCUT2D eigenvalue weighted by Crippen LogP contribution is 2.18. The lowest BCUT2D eigenvalue weighted by molar-refractivity contribution is 0.102. The van der Waals surface area contributed by atoms with E-state index in [0.717, 1.165) is 5.56 Å². The zero-order valence-electron chi connectivity index (χ0n) is 14.9. The molecule has 1 heterocycles. The summed E-state index contributed by atoms with van der Waals surface area (Å²) in [5.74, 6) is 0.126. The number of nitrogens with zero attached hydrogens (tertiary/aromatic N) is 2. The minimum atomic E-state index is -0.318. The Balaban J connectivity index is 1.56. The fourth-order valence-electron chi connectivity index (χ4n) is 2.41. The van der Waals surface area contributed by atoms with Crippen LogP contribution in [0.15, 0.2) is 48.5 Å². The number of aromatic nitrogens is 2. The molecule has 0 unspecified atom stereocenters. The van der Waals surface area contributed by atoms with Crippen LogP contribution in [0, 0.1) is 5.82 Å². The van der Waals surface area contributed by atoms with Crippen molar-refractivity contribution in [2.24, 2.45) is 0 Å². The van der Waals surface area contributed by atoms with Crippen molar-refractivity contribution in [2.45, 2.75) is 19.5 Å². The summed E-state index contributed by atoms with van der Waals surface area (Å²) in [5.41, 5.74) is 1.49. The SMILES string of the molecule is COc1ccc(NC(=O)c2nnc(CN[C@@H](C)c3cccc(F)c3)s2)cc1. The third-order valence-electron chi connectivity index (χ3n) is 3.92. The van der Waals surface area contributed by atoms with Crippen LogP contribution in [0.2, 0.25) is 0 Å². The second kappa shape index (κ2) is 8.70. The van der Waals surface area contributed by atoms with E-state index in [4.69, 9.17) is 4.74 Å². The molecule has 0 saturated carbocycles. The molecule has 27 heavy (non-hydrogen) atoms. The Hall–Kier alpha value is -2.84. The van der Waals surface area contributed by atoms with Gasteiger partial charge in [-0.1, -0.05) is 23.5 Å². The lowest BCUT2D eigenvalue weighted by atomic mass is 10.1. The number of halogens is 1. The summed E-state index contributed by atoms with van der Waals surface area (Å²) < 4.78 is 18.4. The predicted octanol–water partition coefficient (Wildman–Crippen LogP) is 3.79. The largest absolute Gasteiger partial charge is 0.497 e. The third kappa shape index (κ3) is 5.08. The van der Waals surface area contributed by atoms with Crippen LogP contribution < -0.4 is 15.4 Å². The second-order valence-electron chi connectivity index (χ2n) is 5.84. The second-order valence-corrected chi connectivity index (χ2v) is 6.90. The van der Waals surface area contributed by atoms with Crippen molar-refractivity contribution in [1.29, 1.82) is 0 Å². The zero-order chi connectivity index (χ0) is 19.2. The van der Waals surface area contributed by atoms with E-state index in [1.54, 1.807) is 37.4 Å². The van der Waals surface area contributed by atoms with Gasteiger partial charge in [0.15, 0.2) is 0 Å². The topological polar surface area (TPSA) is 76.1 Å². The molecule has 1 atom stereocenters. The van der Waals surface area contributed by atoms with Gasteiger partial charge in [-0.15, -0.1) is 10.2 Å². The van der Waals surface area contributed by atoms with E-state index in [9.17, 15) is 9.18 Å². The van der Waals surface area contributed by atoms with Gasteiger partial charge in [-0.3, -0.25) is 4.79 Å². The summed E-state index contributed by atoms with van der Waals surface area (Å²) >= 11 is 1.21. The normalized spacial score (nSPS) is 11.8. The molecule has 6 nitrogen and oxygen atoms in total. The number of hydrogen-bond acceptors (Lipinski definition) is 6. The number of hydrogen-bond donors (Lipinski definition) is 2. The lowest BCUT2D eigenvalue weighted by Crippen LogP contribution is -2.18. The minimum absolute atomic E-state index is 0.0545. The molecule has 0 bridgehead atoms. The molecule has 1 aromatic heterocycles. The Morgan fingerprint density at radius 1 is 1.22 bits per heavy atom. The Kier molecular flexibility index (Phi) is 6.10. The summed E-state index contributed by atoms with van der Waals surface area (Å²) in [4.78, 5) is 12.3. The number of benzene rings is 2. The van der Waals surface area contributed by atoms with E-state index in [1.165, 1.54) is 23.5 Å². The molecule has 0 aliphatic carbocycles. The number of amides is 1. The first kappa shape index (κ1) is 18.9. The molecule has 0 aliphatic heterocycles. The maximum Gasteiger partial charge on any atom is 0.286 e. The maximum absolute atomic E-state index is 13.3. The Morgan fingerprint density at radius 2 is 2.00 bits per heavy atom. The third-order valence-corrected chi connectivity index (χ3v) is 4.84. The van der Waals surface area contributed by atoms with Crippen LogP contribution in [0.4, 0.5) is 10.1 Å². The first-order valence-corrected chi connectivity index (χ1v) is 9.13. The molecular weight excluding hydrogens is 367 g/mol. The first-order chi connectivity index (χ1) is 13.0. The van der Waals surface area contributed by atoms with Crippen molar-refractivity contribution in [3.8, 4) is 5.75 Å². The summed E-state index contributed by atoms with van der Waals surface area (Å²) in [7, 11) is 1.58. The van der Waals surface area contributed by atoms with Crippen LogP contribution in [0.1, 0.15) is 33.3 Å². The Morgan fingerprint density at radius 3 is 2.70 bits per heavy atom. The Bertz CT molecular complexity index is 914. The predicted molar refractivity (Wildman–Crippen MR) is 103 cm³/mol. The van der Waals surface area contributed by atoms with Crippen molar-refractivity contribution >= 4 is 22.9 Å². The molecule has 1 amide bonds. The van der Waals surface area contributed by atoms with E-state index < -0.39 is 0 Å². The summed E-state index contributed by atoms with van der Waals surface area (Å²) in [6, 6.07) is 13.4. The first-order valence-electron chi connectivity index (χ1n) is 8.32. The van der Waals surface area contributed by atoms with E-state index >= 15 is 0 Å². The molecule has 0 aliphatic rings. The van der Waals surface area contributed by atoms with Crippen molar-refractivity contribution < 1.29 is 13.9 Å². The average molecular weight is 386 g/mol. The van der Waals surface area contributed by atoms with Gasteiger partial charge in [-0.05, 0) is 48.9 Å². The van der Waals surface area contributed by atoms with Crippen LogP contribution in [0.25, 0.3) is 0 Å². The molecular formula is C19H19FN4O2S. The van der Waals surface area contributed by atoms with E-state index in [-0.39, 0.29) is 22.8 Å². The molecule has 2 N–H and O–H groups in total. The number of carbonyl (C=O) groups excluding carboxylic acids is 1. The minimum Gasteiger partial charge on any atom is -0.497 e. The maximum atomic E-state index is 13.3. The van der Waals surface area contributed by atoms with Crippen LogP contribution in [-0.2, 0) is 6.54 Å². The van der Waals surface area contributed by atoms with Gasteiger partial charge in [-0.25, -0.2) is 4.39 Å². The number of methoxy groups -OCH3 is 1. The number of nitrogens with one attached hydrogen (secondary N) is 2. The molecule has 0 spiro atoms. The molecule has 3 aromatic rings. The van der Waals surface area contributed by atoms with Gasteiger partial charge in [-0.2, -0.15) is 0 Å². The monoisotopic (exact) mass is 386 g/mol. The van der Waals surface area contributed by atoms with Gasteiger partial charge in [0, 0.05) is 11.7 Å². The summed E-state index contributed by atoms with van der Waals surface area (Å²) in [6.07, 6.45) is 0. The fraction of sp³-hybridized carbons (Fsp3) is 0.211. The molecule has 2 aromatic carbocycles. The molecule has 0 saturated heterocycles. The number of carbonyl (C=O) groups is 1. The molecule has 140 valence electrons. The zero-order valence-corrected chi connectivity index (χ0v) is 15.7. The van der Waals surface area contributed by atoms with Gasteiger partial charge < -0.3 is 15.4 Å². The van der Waals surface area contributed by atoms with Crippen molar-refractivity contribution in [3.05, 3.63) is 69.9 Å².